The summed E-state index contributed by atoms with van der Waals surface area (Å²) in [6, 6.07) is 2.89. The van der Waals surface area contributed by atoms with Crippen molar-refractivity contribution in [2.75, 3.05) is 0 Å². The van der Waals surface area contributed by atoms with Gasteiger partial charge in [0, 0.05) is 6.07 Å². The summed E-state index contributed by atoms with van der Waals surface area (Å²) in [5.41, 5.74) is -1.06. The van der Waals surface area contributed by atoms with Gasteiger partial charge >= 0.3 is 11.1 Å². The fourth-order valence-corrected chi connectivity index (χ4v) is 1.49. The maximum Gasteiger partial charge on any atom is 0.314 e. The lowest BCUT2D eigenvalue weighted by Gasteiger charge is -2.00. The van der Waals surface area contributed by atoms with Crippen LogP contribution < -0.4 is 11.1 Å². The molecule has 7 nitrogen and oxygen atoms in total. The minimum absolute atomic E-state index is 0.0280. The fraction of sp³-hybridized carbons (Fsp3) is 0.111. The minimum atomic E-state index is -0.903. The van der Waals surface area contributed by atoms with Crippen molar-refractivity contribution in [3.05, 3.63) is 48.5 Å². The number of nitrogens with one attached hydrogen (secondary N) is 2. The number of nitro benzene ring substituents is 1. The third-order valence-corrected chi connectivity index (χ3v) is 2.15. The predicted octanol–water partition coefficient (Wildman–Crippen LogP) is 0.433. The Morgan fingerprint density at radius 1 is 1.19 bits per heavy atom. The van der Waals surface area contributed by atoms with Crippen LogP contribution in [0.15, 0.2) is 21.7 Å². The standard InChI is InChI=1S/C9H7N3O4/c1-4-2-5-7(6(3-4)12(15)16)11-9(14)8(13)10-5/h2-3H,1H3,(H,10,13)(H,11,14). The molecule has 1 heterocycles. The number of benzene rings is 1. The normalized spacial score (nSPS) is 10.6. The number of aromatic nitrogens is 2. The SMILES string of the molecule is Cc1cc([N+](=O)[O-])c2[nH]c(=O)c(=O)[nH]c2c1. The summed E-state index contributed by atoms with van der Waals surface area (Å²) in [5, 5.41) is 10.8. The van der Waals surface area contributed by atoms with E-state index < -0.39 is 16.0 Å². The summed E-state index contributed by atoms with van der Waals surface area (Å²) in [4.78, 5) is 36.8. The number of aryl methyl sites for hydroxylation is 1. The number of fused-ring (bicyclic) bond motifs is 1. The van der Waals surface area contributed by atoms with E-state index in [9.17, 15) is 19.7 Å². The molecule has 0 fully saturated rings. The Hall–Kier alpha value is -2.44. The van der Waals surface area contributed by atoms with Crippen molar-refractivity contribution < 1.29 is 4.92 Å². The third-order valence-electron chi connectivity index (χ3n) is 2.15. The smallest absolute Gasteiger partial charge is 0.314 e. The Bertz CT molecular complexity index is 698. The van der Waals surface area contributed by atoms with Gasteiger partial charge in [-0.1, -0.05) is 0 Å². The Morgan fingerprint density at radius 3 is 2.44 bits per heavy atom. The molecule has 0 bridgehead atoms. The maximum atomic E-state index is 11.1. The van der Waals surface area contributed by atoms with Crippen molar-refractivity contribution in [2.45, 2.75) is 6.92 Å². The van der Waals surface area contributed by atoms with Gasteiger partial charge in [-0.05, 0) is 18.6 Å². The highest BCUT2D eigenvalue weighted by Crippen LogP contribution is 2.22. The van der Waals surface area contributed by atoms with Crippen LogP contribution in [0, 0.1) is 17.0 Å². The summed E-state index contributed by atoms with van der Waals surface area (Å²) in [5.74, 6) is 0. The number of aromatic amines is 2. The maximum absolute atomic E-state index is 11.1. The first-order chi connectivity index (χ1) is 7.49. The van der Waals surface area contributed by atoms with Crippen LogP contribution in [0.25, 0.3) is 11.0 Å². The van der Waals surface area contributed by atoms with Crippen molar-refractivity contribution in [3.8, 4) is 0 Å². The fourth-order valence-electron chi connectivity index (χ4n) is 1.49. The molecule has 0 radical (unpaired) electrons. The average Bonchev–Trinajstić information content (AvgIpc) is 2.19. The van der Waals surface area contributed by atoms with Crippen LogP contribution in [0.2, 0.25) is 0 Å². The molecule has 1 aromatic carbocycles. The minimum Gasteiger partial charge on any atom is -0.316 e. The number of hydrogen-bond acceptors (Lipinski definition) is 4. The lowest BCUT2D eigenvalue weighted by molar-refractivity contribution is -0.383. The summed E-state index contributed by atoms with van der Waals surface area (Å²) < 4.78 is 0. The first-order valence-electron chi connectivity index (χ1n) is 4.40. The largest absolute Gasteiger partial charge is 0.316 e. The van der Waals surface area contributed by atoms with Crippen LogP contribution >= 0.6 is 0 Å². The van der Waals surface area contributed by atoms with Gasteiger partial charge in [-0.2, -0.15) is 0 Å². The topological polar surface area (TPSA) is 109 Å². The van der Waals surface area contributed by atoms with Crippen LogP contribution in [0.4, 0.5) is 5.69 Å². The molecule has 0 atom stereocenters. The van der Waals surface area contributed by atoms with Gasteiger partial charge in [0.25, 0.3) is 5.69 Å². The van der Waals surface area contributed by atoms with Crippen LogP contribution in [-0.4, -0.2) is 14.9 Å². The molecule has 2 rings (SSSR count). The second-order valence-electron chi connectivity index (χ2n) is 3.37. The molecule has 2 N–H and O–H groups in total. The highest BCUT2D eigenvalue weighted by atomic mass is 16.6. The van der Waals surface area contributed by atoms with Crippen LogP contribution in [0.3, 0.4) is 0 Å². The summed E-state index contributed by atoms with van der Waals surface area (Å²) >= 11 is 0. The number of H-pyrrole nitrogens is 2. The van der Waals surface area contributed by atoms with Crippen molar-refractivity contribution in [1.82, 2.24) is 9.97 Å². The molecule has 0 unspecified atom stereocenters. The number of rotatable bonds is 1. The number of nitro groups is 1. The molecule has 0 spiro atoms. The predicted molar refractivity (Wildman–Crippen MR) is 56.6 cm³/mol. The molecular weight excluding hydrogens is 214 g/mol. The van der Waals surface area contributed by atoms with Gasteiger partial charge in [-0.25, -0.2) is 0 Å². The van der Waals surface area contributed by atoms with E-state index in [1.54, 1.807) is 13.0 Å². The molecule has 1 aromatic heterocycles. The Labute approximate surface area is 87.9 Å². The van der Waals surface area contributed by atoms with Gasteiger partial charge in [-0.15, -0.1) is 0 Å². The Balaban J connectivity index is 3.02. The quantitative estimate of drug-likeness (QED) is 0.413. The molecule has 0 aliphatic heterocycles. The zero-order valence-electron chi connectivity index (χ0n) is 8.23. The average molecular weight is 221 g/mol. The molecule has 0 saturated carbocycles. The van der Waals surface area contributed by atoms with E-state index in [1.807, 2.05) is 0 Å². The highest BCUT2D eigenvalue weighted by Gasteiger charge is 2.14. The lowest BCUT2D eigenvalue weighted by atomic mass is 10.2. The van der Waals surface area contributed by atoms with E-state index >= 15 is 0 Å². The first kappa shape index (κ1) is 10.1. The van der Waals surface area contributed by atoms with Crippen LogP contribution in [-0.2, 0) is 0 Å². The van der Waals surface area contributed by atoms with E-state index in [0.29, 0.717) is 5.56 Å². The van der Waals surface area contributed by atoms with Gasteiger partial charge in [-0.3, -0.25) is 19.7 Å². The first-order valence-corrected chi connectivity index (χ1v) is 4.40. The van der Waals surface area contributed by atoms with E-state index in [0.717, 1.165) is 0 Å². The molecule has 7 heteroatoms. The van der Waals surface area contributed by atoms with E-state index in [2.05, 4.69) is 9.97 Å². The molecule has 0 saturated heterocycles. The van der Waals surface area contributed by atoms with Crippen LogP contribution in [0.1, 0.15) is 5.56 Å². The van der Waals surface area contributed by atoms with Crippen molar-refractivity contribution >= 4 is 16.7 Å². The lowest BCUT2D eigenvalue weighted by Crippen LogP contribution is -2.29. The number of hydrogen-bond donors (Lipinski definition) is 2. The van der Waals surface area contributed by atoms with Crippen LogP contribution in [0.5, 0.6) is 0 Å². The highest BCUT2D eigenvalue weighted by molar-refractivity contribution is 5.84. The molecule has 0 aliphatic rings. The van der Waals surface area contributed by atoms with Gasteiger partial charge in [0.15, 0.2) is 0 Å². The van der Waals surface area contributed by atoms with E-state index in [-0.39, 0.29) is 16.7 Å². The Morgan fingerprint density at radius 2 is 1.81 bits per heavy atom. The van der Waals surface area contributed by atoms with Crippen molar-refractivity contribution in [2.24, 2.45) is 0 Å². The molecule has 16 heavy (non-hydrogen) atoms. The van der Waals surface area contributed by atoms with Gasteiger partial charge < -0.3 is 9.97 Å². The van der Waals surface area contributed by atoms with Crippen molar-refractivity contribution in [1.29, 1.82) is 0 Å². The zero-order valence-corrected chi connectivity index (χ0v) is 8.23. The Kier molecular flexibility index (Phi) is 2.08. The molecule has 0 aliphatic carbocycles. The summed E-state index contributed by atoms with van der Waals surface area (Å²) in [6.45, 7) is 1.66. The van der Waals surface area contributed by atoms with E-state index in [1.165, 1.54) is 6.07 Å². The zero-order chi connectivity index (χ0) is 11.9. The summed E-state index contributed by atoms with van der Waals surface area (Å²) in [7, 11) is 0. The number of non-ortho nitro benzene ring substituents is 1. The van der Waals surface area contributed by atoms with Gasteiger partial charge in [0.1, 0.15) is 5.52 Å². The van der Waals surface area contributed by atoms with E-state index in [4.69, 9.17) is 0 Å². The van der Waals surface area contributed by atoms with Crippen molar-refractivity contribution in [3.63, 3.8) is 0 Å². The summed E-state index contributed by atoms with van der Waals surface area (Å²) in [6.07, 6.45) is 0. The molecule has 0 amide bonds. The molecular formula is C9H7N3O4. The number of nitrogens with zero attached hydrogens (tertiary/aromatic N) is 1. The monoisotopic (exact) mass is 221 g/mol. The second-order valence-corrected chi connectivity index (χ2v) is 3.37. The van der Waals surface area contributed by atoms with Gasteiger partial charge in [0.2, 0.25) is 0 Å². The van der Waals surface area contributed by atoms with Gasteiger partial charge in [0.05, 0.1) is 10.4 Å². The molecule has 2 aromatic rings. The second kappa shape index (κ2) is 3.30. The third kappa shape index (κ3) is 1.48. The molecule has 82 valence electrons.